The van der Waals surface area contributed by atoms with E-state index >= 15 is 0 Å². The quantitative estimate of drug-likeness (QED) is 0.741. The molecule has 4 rings (SSSR count). The zero-order valence-electron chi connectivity index (χ0n) is 18.0. The van der Waals surface area contributed by atoms with E-state index in [9.17, 15) is 4.79 Å². The van der Waals surface area contributed by atoms with E-state index in [0.29, 0.717) is 55.1 Å². The molecule has 162 valence electrons. The van der Waals surface area contributed by atoms with Crippen LogP contribution < -0.4 is 9.47 Å². The number of aromatic nitrogens is 2. The van der Waals surface area contributed by atoms with Gasteiger partial charge < -0.3 is 23.5 Å². The Labute approximate surface area is 176 Å². The lowest BCUT2D eigenvalue weighted by molar-refractivity contribution is 0.00886. The highest BCUT2D eigenvalue weighted by molar-refractivity contribution is 5.97. The van der Waals surface area contributed by atoms with Crippen molar-refractivity contribution in [1.29, 1.82) is 0 Å². The van der Waals surface area contributed by atoms with Crippen LogP contribution in [0.25, 0.3) is 0 Å². The maximum absolute atomic E-state index is 13.4. The molecule has 1 atom stereocenters. The molecule has 3 heterocycles. The smallest absolute Gasteiger partial charge is 0.257 e. The van der Waals surface area contributed by atoms with E-state index in [1.165, 1.54) is 0 Å². The lowest BCUT2D eigenvalue weighted by atomic mass is 9.72. The standard InChI is InChI=1S/C22H29N3O5/c1-14(2)19-23-24-20(30-19)17-12-25(13-22(17)7-9-29-10-8-22)21(26)16-6-5-15(27-3)11-18(16)28-4/h5-6,11,14,17H,7-10,12-13H2,1-4H3. The molecule has 0 bridgehead atoms. The van der Waals surface area contributed by atoms with Gasteiger partial charge in [-0.1, -0.05) is 13.8 Å². The maximum atomic E-state index is 13.4. The first-order valence-electron chi connectivity index (χ1n) is 10.4. The molecule has 1 aromatic heterocycles. The van der Waals surface area contributed by atoms with Gasteiger partial charge in [-0.25, -0.2) is 0 Å². The second-order valence-electron chi connectivity index (χ2n) is 8.41. The molecule has 2 fully saturated rings. The average Bonchev–Trinajstić information content (AvgIpc) is 3.39. The number of carbonyl (C=O) groups excluding carboxylic acids is 1. The normalized spacial score (nSPS) is 20.7. The molecule has 8 heteroatoms. The third kappa shape index (κ3) is 3.64. The topological polar surface area (TPSA) is 86.9 Å². The summed E-state index contributed by atoms with van der Waals surface area (Å²) in [6.45, 7) is 6.58. The van der Waals surface area contributed by atoms with Gasteiger partial charge in [0.05, 0.1) is 25.7 Å². The van der Waals surface area contributed by atoms with Gasteiger partial charge in [0, 0.05) is 43.7 Å². The number of hydrogen-bond acceptors (Lipinski definition) is 7. The summed E-state index contributed by atoms with van der Waals surface area (Å²) in [6, 6.07) is 5.27. The summed E-state index contributed by atoms with van der Waals surface area (Å²) in [6.07, 6.45) is 1.72. The van der Waals surface area contributed by atoms with Gasteiger partial charge in [0.2, 0.25) is 11.8 Å². The number of nitrogens with zero attached hydrogens (tertiary/aromatic N) is 3. The summed E-state index contributed by atoms with van der Waals surface area (Å²) in [5.41, 5.74) is 0.406. The van der Waals surface area contributed by atoms with Crippen LogP contribution in [0.2, 0.25) is 0 Å². The predicted molar refractivity (Wildman–Crippen MR) is 109 cm³/mol. The van der Waals surface area contributed by atoms with Gasteiger partial charge in [-0.3, -0.25) is 4.79 Å². The number of carbonyl (C=O) groups is 1. The molecule has 0 N–H and O–H groups in total. The van der Waals surface area contributed by atoms with E-state index in [1.807, 2.05) is 18.7 Å². The van der Waals surface area contributed by atoms with Crippen molar-refractivity contribution in [1.82, 2.24) is 15.1 Å². The number of methoxy groups -OCH3 is 2. The molecule has 1 amide bonds. The molecule has 0 saturated carbocycles. The van der Waals surface area contributed by atoms with Crippen LogP contribution in [-0.2, 0) is 4.74 Å². The highest BCUT2D eigenvalue weighted by atomic mass is 16.5. The number of likely N-dealkylation sites (tertiary alicyclic amines) is 1. The van der Waals surface area contributed by atoms with E-state index in [2.05, 4.69) is 10.2 Å². The molecule has 0 radical (unpaired) electrons. The minimum absolute atomic E-state index is 0.00501. The van der Waals surface area contributed by atoms with E-state index in [4.69, 9.17) is 18.6 Å². The second-order valence-corrected chi connectivity index (χ2v) is 8.41. The van der Waals surface area contributed by atoms with Crippen LogP contribution in [0, 0.1) is 5.41 Å². The molecule has 1 spiro atoms. The fraction of sp³-hybridized carbons (Fsp3) is 0.591. The lowest BCUT2D eigenvalue weighted by Gasteiger charge is -2.36. The number of amides is 1. The summed E-state index contributed by atoms with van der Waals surface area (Å²) in [4.78, 5) is 15.3. The monoisotopic (exact) mass is 415 g/mol. The van der Waals surface area contributed by atoms with Gasteiger partial charge in [0.1, 0.15) is 11.5 Å². The lowest BCUT2D eigenvalue weighted by Crippen LogP contribution is -2.37. The Bertz CT molecular complexity index is 904. The molecule has 2 aliphatic rings. The van der Waals surface area contributed by atoms with Crippen molar-refractivity contribution in [2.24, 2.45) is 5.41 Å². The zero-order chi connectivity index (χ0) is 21.3. The minimum Gasteiger partial charge on any atom is -0.497 e. The Morgan fingerprint density at radius 1 is 1.20 bits per heavy atom. The highest BCUT2D eigenvalue weighted by Gasteiger charge is 2.51. The Kier molecular flexibility index (Phi) is 5.69. The van der Waals surface area contributed by atoms with Crippen molar-refractivity contribution in [2.75, 3.05) is 40.5 Å². The van der Waals surface area contributed by atoms with Crippen molar-refractivity contribution in [3.63, 3.8) is 0 Å². The summed E-state index contributed by atoms with van der Waals surface area (Å²) in [7, 11) is 3.15. The summed E-state index contributed by atoms with van der Waals surface area (Å²) >= 11 is 0. The zero-order valence-corrected chi connectivity index (χ0v) is 18.0. The Hall–Kier alpha value is -2.61. The number of rotatable bonds is 5. The minimum atomic E-state index is -0.117. The van der Waals surface area contributed by atoms with Crippen LogP contribution >= 0.6 is 0 Å². The highest BCUT2D eigenvalue weighted by Crippen LogP contribution is 2.49. The summed E-state index contributed by atoms with van der Waals surface area (Å²) < 4.78 is 22.4. The van der Waals surface area contributed by atoms with Crippen LogP contribution in [-0.4, -0.2) is 61.5 Å². The molecule has 30 heavy (non-hydrogen) atoms. The first-order valence-corrected chi connectivity index (χ1v) is 10.4. The summed E-state index contributed by atoms with van der Waals surface area (Å²) in [5.74, 6) is 2.51. The molecule has 2 aliphatic heterocycles. The molecular formula is C22H29N3O5. The molecule has 8 nitrogen and oxygen atoms in total. The van der Waals surface area contributed by atoms with Crippen molar-refractivity contribution in [3.05, 3.63) is 35.5 Å². The fourth-order valence-electron chi connectivity index (χ4n) is 4.51. The first-order chi connectivity index (χ1) is 14.5. The summed E-state index contributed by atoms with van der Waals surface area (Å²) in [5, 5.41) is 8.58. The van der Waals surface area contributed by atoms with E-state index in [-0.39, 0.29) is 23.2 Å². The van der Waals surface area contributed by atoms with Crippen molar-refractivity contribution < 1.29 is 23.4 Å². The fourth-order valence-corrected chi connectivity index (χ4v) is 4.51. The van der Waals surface area contributed by atoms with Crippen molar-refractivity contribution >= 4 is 5.91 Å². The second kappa shape index (κ2) is 8.26. The van der Waals surface area contributed by atoms with Crippen LogP contribution in [0.1, 0.15) is 60.7 Å². The van der Waals surface area contributed by atoms with Gasteiger partial charge in [-0.15, -0.1) is 10.2 Å². The van der Waals surface area contributed by atoms with Gasteiger partial charge in [0.25, 0.3) is 5.91 Å². The molecule has 2 aromatic rings. The average molecular weight is 415 g/mol. The molecule has 2 saturated heterocycles. The molecule has 1 aromatic carbocycles. The maximum Gasteiger partial charge on any atom is 0.257 e. The van der Waals surface area contributed by atoms with Gasteiger partial charge in [0.15, 0.2) is 0 Å². The third-order valence-electron chi connectivity index (χ3n) is 6.31. The number of ether oxygens (including phenoxy) is 3. The van der Waals surface area contributed by atoms with E-state index in [1.54, 1.807) is 32.4 Å². The van der Waals surface area contributed by atoms with Crippen LogP contribution in [0.15, 0.2) is 22.6 Å². The Balaban J connectivity index is 1.64. The van der Waals surface area contributed by atoms with Crippen molar-refractivity contribution in [3.8, 4) is 11.5 Å². The van der Waals surface area contributed by atoms with Crippen LogP contribution in [0.3, 0.4) is 0 Å². The van der Waals surface area contributed by atoms with E-state index in [0.717, 1.165) is 12.8 Å². The molecular weight excluding hydrogens is 386 g/mol. The van der Waals surface area contributed by atoms with Gasteiger partial charge in [-0.2, -0.15) is 0 Å². The molecule has 0 aliphatic carbocycles. The van der Waals surface area contributed by atoms with E-state index < -0.39 is 0 Å². The molecule has 1 unspecified atom stereocenters. The van der Waals surface area contributed by atoms with Crippen molar-refractivity contribution in [2.45, 2.75) is 38.5 Å². The Morgan fingerprint density at radius 3 is 2.60 bits per heavy atom. The third-order valence-corrected chi connectivity index (χ3v) is 6.31. The van der Waals surface area contributed by atoms with Gasteiger partial charge in [-0.05, 0) is 25.0 Å². The Morgan fingerprint density at radius 2 is 1.97 bits per heavy atom. The predicted octanol–water partition coefficient (Wildman–Crippen LogP) is 3.25. The van der Waals surface area contributed by atoms with Gasteiger partial charge >= 0.3 is 0 Å². The first kappa shape index (κ1) is 20.7. The van der Waals surface area contributed by atoms with Crippen LogP contribution in [0.4, 0.5) is 0 Å². The van der Waals surface area contributed by atoms with Crippen LogP contribution in [0.5, 0.6) is 11.5 Å². The number of benzene rings is 1. The number of hydrogen-bond donors (Lipinski definition) is 0. The SMILES string of the molecule is COc1ccc(C(=O)N2CC(c3nnc(C(C)C)o3)C3(CCOCC3)C2)c(OC)c1. The largest absolute Gasteiger partial charge is 0.497 e.